The van der Waals surface area contributed by atoms with Gasteiger partial charge in [0.15, 0.2) is 0 Å². The zero-order valence-corrected chi connectivity index (χ0v) is 10.7. The third kappa shape index (κ3) is 2.85. The largest absolute Gasteiger partial charge is 0.461 e. The molecule has 0 spiro atoms. The van der Waals surface area contributed by atoms with Gasteiger partial charge >= 0.3 is 5.97 Å². The lowest BCUT2D eigenvalue weighted by Gasteiger charge is -2.02. The molecule has 0 unspecified atom stereocenters. The van der Waals surface area contributed by atoms with Crippen molar-refractivity contribution in [3.63, 3.8) is 0 Å². The van der Waals surface area contributed by atoms with Gasteiger partial charge in [-0.2, -0.15) is 5.10 Å². The van der Waals surface area contributed by atoms with Crippen LogP contribution in [0.3, 0.4) is 0 Å². The van der Waals surface area contributed by atoms with E-state index in [2.05, 4.69) is 10.1 Å². The molecule has 6 heteroatoms. The van der Waals surface area contributed by atoms with Crippen LogP contribution in [0.4, 0.5) is 0 Å². The third-order valence-electron chi connectivity index (χ3n) is 2.43. The van der Waals surface area contributed by atoms with Gasteiger partial charge in [-0.15, -0.1) is 0 Å². The molecule has 2 aromatic heterocycles. The molecule has 0 saturated carbocycles. The van der Waals surface area contributed by atoms with E-state index in [9.17, 15) is 9.59 Å². The fourth-order valence-electron chi connectivity index (χ4n) is 1.57. The summed E-state index contributed by atoms with van der Waals surface area (Å²) in [6.07, 6.45) is 3.06. The minimum atomic E-state index is -0.539. The smallest absolute Gasteiger partial charge is 0.356 e. The molecule has 0 atom stereocenters. The van der Waals surface area contributed by atoms with Crippen LogP contribution in [0.5, 0.6) is 0 Å². The maximum Gasteiger partial charge on any atom is 0.356 e. The number of aryl methyl sites for hydroxylation is 1. The molecule has 2 aromatic rings. The van der Waals surface area contributed by atoms with Crippen molar-refractivity contribution in [1.29, 1.82) is 0 Å². The van der Waals surface area contributed by atoms with Gasteiger partial charge in [-0.1, -0.05) is 6.07 Å². The van der Waals surface area contributed by atoms with E-state index in [-0.39, 0.29) is 23.8 Å². The van der Waals surface area contributed by atoms with E-state index in [1.165, 1.54) is 16.9 Å². The highest BCUT2D eigenvalue weighted by molar-refractivity contribution is 6.07. The number of ketones is 1. The Bertz CT molecular complexity index is 619. The summed E-state index contributed by atoms with van der Waals surface area (Å²) in [5, 5.41) is 3.93. The summed E-state index contributed by atoms with van der Waals surface area (Å²) in [6.45, 7) is 1.98. The molecule has 0 aliphatic carbocycles. The molecular weight excluding hydrogens is 246 g/mol. The highest BCUT2D eigenvalue weighted by atomic mass is 16.5. The average Bonchev–Trinajstić information content (AvgIpc) is 2.85. The number of esters is 1. The van der Waals surface area contributed by atoms with Gasteiger partial charge in [0.1, 0.15) is 11.4 Å². The second kappa shape index (κ2) is 5.43. The lowest BCUT2D eigenvalue weighted by atomic mass is 10.1. The van der Waals surface area contributed by atoms with Crippen molar-refractivity contribution in [1.82, 2.24) is 14.8 Å². The first kappa shape index (κ1) is 12.9. The molecule has 0 amide bonds. The fourth-order valence-corrected chi connectivity index (χ4v) is 1.57. The Morgan fingerprint density at radius 2 is 2.05 bits per heavy atom. The second-order valence-electron chi connectivity index (χ2n) is 3.86. The number of ether oxygens (including phenoxy) is 1. The minimum absolute atomic E-state index is 0.122. The third-order valence-corrected chi connectivity index (χ3v) is 2.43. The number of hydrogen-bond acceptors (Lipinski definition) is 5. The van der Waals surface area contributed by atoms with Crippen LogP contribution in [-0.4, -0.2) is 33.1 Å². The molecule has 2 heterocycles. The first-order valence-corrected chi connectivity index (χ1v) is 5.79. The van der Waals surface area contributed by atoms with Crippen molar-refractivity contribution in [3.8, 4) is 0 Å². The average molecular weight is 259 g/mol. The van der Waals surface area contributed by atoms with Gasteiger partial charge in [0.05, 0.1) is 18.4 Å². The quantitative estimate of drug-likeness (QED) is 0.609. The highest BCUT2D eigenvalue weighted by Crippen LogP contribution is 2.08. The zero-order chi connectivity index (χ0) is 13.8. The maximum absolute atomic E-state index is 12.1. The molecule has 19 heavy (non-hydrogen) atoms. The van der Waals surface area contributed by atoms with Gasteiger partial charge < -0.3 is 4.74 Å². The Kier molecular flexibility index (Phi) is 3.70. The SMILES string of the molecule is CCOC(=O)c1cccc(C(=O)c2cnn(C)c2)n1. The molecule has 0 bridgehead atoms. The van der Waals surface area contributed by atoms with Gasteiger partial charge in [-0.3, -0.25) is 9.48 Å². The number of aromatic nitrogens is 3. The van der Waals surface area contributed by atoms with Gasteiger partial charge in [-0.05, 0) is 19.1 Å². The minimum Gasteiger partial charge on any atom is -0.461 e. The van der Waals surface area contributed by atoms with Gasteiger partial charge in [0.2, 0.25) is 5.78 Å². The number of carbonyl (C=O) groups excluding carboxylic acids is 2. The highest BCUT2D eigenvalue weighted by Gasteiger charge is 2.15. The van der Waals surface area contributed by atoms with Crippen molar-refractivity contribution in [2.75, 3.05) is 6.61 Å². The first-order valence-electron chi connectivity index (χ1n) is 5.79. The summed E-state index contributed by atoms with van der Waals surface area (Å²) < 4.78 is 6.37. The lowest BCUT2D eigenvalue weighted by Crippen LogP contribution is -2.11. The number of hydrogen-bond donors (Lipinski definition) is 0. The second-order valence-corrected chi connectivity index (χ2v) is 3.86. The summed E-state index contributed by atoms with van der Waals surface area (Å²) in [5.74, 6) is -0.817. The molecule has 0 aliphatic heterocycles. The number of carbonyl (C=O) groups is 2. The number of nitrogens with zero attached hydrogens (tertiary/aromatic N) is 3. The monoisotopic (exact) mass is 259 g/mol. The zero-order valence-electron chi connectivity index (χ0n) is 10.7. The Hall–Kier alpha value is -2.50. The topological polar surface area (TPSA) is 74.1 Å². The summed E-state index contributed by atoms with van der Waals surface area (Å²) in [4.78, 5) is 27.7. The van der Waals surface area contributed by atoms with Crippen molar-refractivity contribution in [3.05, 3.63) is 47.5 Å². The van der Waals surface area contributed by atoms with Crippen LogP contribution in [0, 0.1) is 0 Å². The molecule has 98 valence electrons. The molecule has 6 nitrogen and oxygen atoms in total. The summed E-state index contributed by atoms with van der Waals surface area (Å²) >= 11 is 0. The number of rotatable bonds is 4. The summed E-state index contributed by atoms with van der Waals surface area (Å²) in [5.41, 5.74) is 0.742. The molecule has 0 fully saturated rings. The molecule has 0 saturated heterocycles. The molecule has 0 aromatic carbocycles. The molecule has 0 radical (unpaired) electrons. The van der Waals surface area contributed by atoms with Gasteiger partial charge in [0.25, 0.3) is 0 Å². The Morgan fingerprint density at radius 3 is 2.68 bits per heavy atom. The van der Waals surface area contributed by atoms with Crippen LogP contribution < -0.4 is 0 Å². The summed E-state index contributed by atoms with van der Waals surface area (Å²) in [6, 6.07) is 4.67. The van der Waals surface area contributed by atoms with E-state index in [0.29, 0.717) is 5.56 Å². The lowest BCUT2D eigenvalue weighted by molar-refractivity contribution is 0.0519. The molecule has 0 aliphatic rings. The van der Waals surface area contributed by atoms with E-state index in [4.69, 9.17) is 4.74 Å². The van der Waals surface area contributed by atoms with Crippen LogP contribution in [0.25, 0.3) is 0 Å². The first-order chi connectivity index (χ1) is 9.11. The van der Waals surface area contributed by atoms with Crippen LogP contribution >= 0.6 is 0 Å². The van der Waals surface area contributed by atoms with Crippen LogP contribution in [0.1, 0.15) is 33.5 Å². The van der Waals surface area contributed by atoms with Crippen molar-refractivity contribution in [2.45, 2.75) is 6.92 Å². The van der Waals surface area contributed by atoms with Crippen molar-refractivity contribution >= 4 is 11.8 Å². The Labute approximate surface area is 110 Å². The molecule has 2 rings (SSSR count). The Morgan fingerprint density at radius 1 is 1.32 bits per heavy atom. The predicted molar refractivity (Wildman–Crippen MR) is 66.8 cm³/mol. The van der Waals surface area contributed by atoms with Gasteiger partial charge in [0, 0.05) is 13.2 Å². The Balaban J connectivity index is 2.28. The molecule has 0 N–H and O–H groups in total. The van der Waals surface area contributed by atoms with Crippen LogP contribution in [0.15, 0.2) is 30.6 Å². The fraction of sp³-hybridized carbons (Fsp3) is 0.231. The normalized spacial score (nSPS) is 10.2. The van der Waals surface area contributed by atoms with Crippen molar-refractivity contribution < 1.29 is 14.3 Å². The number of pyridine rings is 1. The standard InChI is InChI=1S/C13H13N3O3/c1-3-19-13(18)11-6-4-5-10(15-11)12(17)9-7-14-16(2)8-9/h4-8H,3H2,1-2H3. The van der Waals surface area contributed by atoms with E-state index in [0.717, 1.165) is 0 Å². The molecular formula is C13H13N3O3. The maximum atomic E-state index is 12.1. The van der Waals surface area contributed by atoms with Gasteiger partial charge in [-0.25, -0.2) is 9.78 Å². The predicted octanol–water partition coefficient (Wildman–Crippen LogP) is 1.22. The van der Waals surface area contributed by atoms with E-state index in [1.807, 2.05) is 0 Å². The van der Waals surface area contributed by atoms with Crippen molar-refractivity contribution in [2.24, 2.45) is 7.05 Å². The van der Waals surface area contributed by atoms with Crippen LogP contribution in [-0.2, 0) is 11.8 Å². The summed E-state index contributed by atoms with van der Waals surface area (Å²) in [7, 11) is 1.72. The van der Waals surface area contributed by atoms with E-state index < -0.39 is 5.97 Å². The van der Waals surface area contributed by atoms with E-state index >= 15 is 0 Å². The van der Waals surface area contributed by atoms with E-state index in [1.54, 1.807) is 32.3 Å². The van der Waals surface area contributed by atoms with Crippen LogP contribution in [0.2, 0.25) is 0 Å².